The van der Waals surface area contributed by atoms with Crippen LogP contribution in [0, 0.1) is 0 Å². The molecule has 1 aliphatic heterocycles. The molecule has 5 heteroatoms. The number of carbonyl (C=O) groups excluding carboxylic acids is 2. The van der Waals surface area contributed by atoms with E-state index >= 15 is 0 Å². The topological polar surface area (TPSA) is 49.4 Å². The second kappa shape index (κ2) is 5.65. The maximum Gasteiger partial charge on any atom is 0.325 e. The first-order valence-corrected chi connectivity index (χ1v) is 7.52. The zero-order valence-electron chi connectivity index (χ0n) is 11.2. The summed E-state index contributed by atoms with van der Waals surface area (Å²) < 4.78 is 0. The lowest BCUT2D eigenvalue weighted by Crippen LogP contribution is -2.41. The fraction of sp³-hybridized carbons (Fsp3) is 0.429. The van der Waals surface area contributed by atoms with E-state index < -0.39 is 5.54 Å². The molecular weight excluding hydrogens is 260 g/mol. The average molecular weight is 278 g/mol. The summed E-state index contributed by atoms with van der Waals surface area (Å²) in [5.74, 6) is 1.60. The van der Waals surface area contributed by atoms with Crippen molar-refractivity contribution >= 4 is 23.7 Å². The van der Waals surface area contributed by atoms with Gasteiger partial charge in [-0.3, -0.25) is 9.69 Å². The summed E-state index contributed by atoms with van der Waals surface area (Å²) in [6, 6.07) is 9.06. The molecule has 4 nitrogen and oxygen atoms in total. The number of thioether (sulfide) groups is 1. The van der Waals surface area contributed by atoms with E-state index in [1.165, 1.54) is 4.90 Å². The fourth-order valence-corrected chi connectivity index (χ4v) is 2.77. The average Bonchev–Trinajstić information content (AvgIpc) is 2.64. The number of rotatable bonds is 5. The molecule has 2 rings (SSSR count). The molecule has 1 saturated heterocycles. The minimum absolute atomic E-state index is 0.166. The monoisotopic (exact) mass is 278 g/mol. The molecule has 1 aromatic rings. The minimum Gasteiger partial charge on any atom is -0.319 e. The molecule has 19 heavy (non-hydrogen) atoms. The predicted molar refractivity (Wildman–Crippen MR) is 77.0 cm³/mol. The van der Waals surface area contributed by atoms with Crippen LogP contribution in [0.1, 0.15) is 19.4 Å². The van der Waals surface area contributed by atoms with Crippen LogP contribution < -0.4 is 5.32 Å². The molecule has 0 saturated carbocycles. The molecule has 102 valence electrons. The van der Waals surface area contributed by atoms with Gasteiger partial charge in [0.25, 0.3) is 5.91 Å². The van der Waals surface area contributed by atoms with Gasteiger partial charge in [-0.15, -0.1) is 0 Å². The number of urea groups is 1. The molecule has 3 amide bonds. The minimum atomic E-state index is -0.935. The molecule has 0 radical (unpaired) electrons. The van der Waals surface area contributed by atoms with Crippen LogP contribution in [0.2, 0.25) is 0 Å². The molecule has 0 aromatic heterocycles. The van der Waals surface area contributed by atoms with E-state index in [-0.39, 0.29) is 11.9 Å². The summed E-state index contributed by atoms with van der Waals surface area (Å²) in [5, 5.41) is 2.80. The van der Waals surface area contributed by atoms with Crippen molar-refractivity contribution in [2.75, 3.05) is 18.1 Å². The number of amides is 3. The number of carbonyl (C=O) groups is 2. The quantitative estimate of drug-likeness (QED) is 0.663. The summed E-state index contributed by atoms with van der Waals surface area (Å²) in [5.41, 5.74) is -0.117. The molecule has 0 unspecified atom stereocenters. The summed E-state index contributed by atoms with van der Waals surface area (Å²) in [7, 11) is 0. The van der Waals surface area contributed by atoms with Gasteiger partial charge in [-0.05, 0) is 18.2 Å². The van der Waals surface area contributed by atoms with Gasteiger partial charge < -0.3 is 5.32 Å². The lowest BCUT2D eigenvalue weighted by molar-refractivity contribution is -0.130. The number of imide groups is 1. The third-order valence-corrected chi connectivity index (χ3v) is 4.17. The molecule has 1 heterocycles. The van der Waals surface area contributed by atoms with Gasteiger partial charge in [-0.2, -0.15) is 11.8 Å². The van der Waals surface area contributed by atoms with Gasteiger partial charge in [-0.1, -0.05) is 37.3 Å². The number of hydrogen-bond donors (Lipinski definition) is 1. The second-order valence-corrected chi connectivity index (χ2v) is 5.97. The number of benzene rings is 1. The van der Waals surface area contributed by atoms with E-state index in [1.54, 1.807) is 18.7 Å². The van der Waals surface area contributed by atoms with Gasteiger partial charge >= 0.3 is 6.03 Å². The van der Waals surface area contributed by atoms with Gasteiger partial charge in [0, 0.05) is 12.3 Å². The Morgan fingerprint density at radius 3 is 2.58 bits per heavy atom. The second-order valence-electron chi connectivity index (χ2n) is 4.57. The lowest BCUT2D eigenvalue weighted by atomic mass is 9.92. The Hall–Kier alpha value is -1.49. The zero-order chi connectivity index (χ0) is 13.9. The Labute approximate surface area is 117 Å². The van der Waals surface area contributed by atoms with Crippen molar-refractivity contribution in [2.24, 2.45) is 0 Å². The number of nitrogens with zero attached hydrogens (tertiary/aromatic N) is 1. The Kier molecular flexibility index (Phi) is 4.14. The Bertz CT molecular complexity index is 478. The normalized spacial score (nSPS) is 22.7. The highest BCUT2D eigenvalue weighted by Gasteiger charge is 2.48. The van der Waals surface area contributed by atoms with Crippen LogP contribution in [0.15, 0.2) is 30.3 Å². The highest BCUT2D eigenvalue weighted by atomic mass is 32.2. The van der Waals surface area contributed by atoms with Crippen LogP contribution in [0.4, 0.5) is 4.79 Å². The van der Waals surface area contributed by atoms with E-state index in [2.05, 4.69) is 12.2 Å². The SMILES string of the molecule is CCSCCN1C(=O)N[C@](C)(c2ccccc2)C1=O. The van der Waals surface area contributed by atoms with Crippen LogP contribution in [0.3, 0.4) is 0 Å². The van der Waals surface area contributed by atoms with Crippen LogP contribution in [-0.4, -0.2) is 34.9 Å². The van der Waals surface area contributed by atoms with Gasteiger partial charge in [-0.25, -0.2) is 4.79 Å². The summed E-state index contributed by atoms with van der Waals surface area (Å²) >= 11 is 1.72. The molecule has 1 aliphatic rings. The van der Waals surface area contributed by atoms with Crippen LogP contribution in [-0.2, 0) is 10.3 Å². The molecule has 0 bridgehead atoms. The van der Waals surface area contributed by atoms with Crippen molar-refractivity contribution in [3.8, 4) is 0 Å². The maximum atomic E-state index is 12.5. The standard InChI is InChI=1S/C14H18N2O2S/c1-3-19-10-9-16-12(17)14(2,15-13(16)18)11-7-5-4-6-8-11/h4-8H,3,9-10H2,1-2H3,(H,15,18)/t14-/m1/s1. The third kappa shape index (κ3) is 2.61. The summed E-state index contributed by atoms with van der Waals surface area (Å²) in [4.78, 5) is 25.7. The van der Waals surface area contributed by atoms with Gasteiger partial charge in [0.15, 0.2) is 0 Å². The molecule has 0 spiro atoms. The van der Waals surface area contributed by atoms with E-state index in [9.17, 15) is 9.59 Å². The number of hydrogen-bond acceptors (Lipinski definition) is 3. The van der Waals surface area contributed by atoms with Crippen molar-refractivity contribution in [3.05, 3.63) is 35.9 Å². The first kappa shape index (κ1) is 13.9. The van der Waals surface area contributed by atoms with Crippen molar-refractivity contribution in [1.29, 1.82) is 0 Å². The van der Waals surface area contributed by atoms with Crippen LogP contribution in [0.25, 0.3) is 0 Å². The fourth-order valence-electron chi connectivity index (χ4n) is 2.17. The molecule has 1 aromatic carbocycles. The molecular formula is C14H18N2O2S. The number of nitrogens with one attached hydrogen (secondary N) is 1. The van der Waals surface area contributed by atoms with Crippen molar-refractivity contribution in [3.63, 3.8) is 0 Å². The largest absolute Gasteiger partial charge is 0.325 e. The Morgan fingerprint density at radius 2 is 1.95 bits per heavy atom. The van der Waals surface area contributed by atoms with Gasteiger partial charge in [0.2, 0.25) is 0 Å². The Morgan fingerprint density at radius 1 is 1.26 bits per heavy atom. The zero-order valence-corrected chi connectivity index (χ0v) is 12.0. The maximum absolute atomic E-state index is 12.5. The van der Waals surface area contributed by atoms with E-state index in [4.69, 9.17) is 0 Å². The highest BCUT2D eigenvalue weighted by Crippen LogP contribution is 2.28. The summed E-state index contributed by atoms with van der Waals surface area (Å²) in [6.45, 7) is 4.28. The van der Waals surface area contributed by atoms with Crippen molar-refractivity contribution < 1.29 is 9.59 Å². The van der Waals surface area contributed by atoms with E-state index in [0.29, 0.717) is 6.54 Å². The Balaban J connectivity index is 2.17. The van der Waals surface area contributed by atoms with Gasteiger partial charge in [0.1, 0.15) is 5.54 Å². The van der Waals surface area contributed by atoms with E-state index in [0.717, 1.165) is 17.1 Å². The third-order valence-electron chi connectivity index (χ3n) is 3.29. The highest BCUT2D eigenvalue weighted by molar-refractivity contribution is 7.99. The van der Waals surface area contributed by atoms with Gasteiger partial charge in [0.05, 0.1) is 0 Å². The van der Waals surface area contributed by atoms with Crippen molar-refractivity contribution in [2.45, 2.75) is 19.4 Å². The first-order chi connectivity index (χ1) is 9.09. The molecule has 1 atom stereocenters. The van der Waals surface area contributed by atoms with Crippen molar-refractivity contribution in [1.82, 2.24) is 10.2 Å². The predicted octanol–water partition coefficient (Wildman–Crippen LogP) is 2.21. The molecule has 0 aliphatic carbocycles. The molecule has 1 N–H and O–H groups in total. The van der Waals surface area contributed by atoms with E-state index in [1.807, 2.05) is 30.3 Å². The smallest absolute Gasteiger partial charge is 0.319 e. The molecule has 1 fully saturated rings. The van der Waals surface area contributed by atoms with Crippen LogP contribution >= 0.6 is 11.8 Å². The summed E-state index contributed by atoms with van der Waals surface area (Å²) in [6.07, 6.45) is 0. The van der Waals surface area contributed by atoms with Crippen LogP contribution in [0.5, 0.6) is 0 Å². The lowest BCUT2D eigenvalue weighted by Gasteiger charge is -2.22. The first-order valence-electron chi connectivity index (χ1n) is 6.37.